The first-order chi connectivity index (χ1) is 9.51. The number of thiophene rings is 1. The van der Waals surface area contributed by atoms with E-state index in [1.165, 1.54) is 24.5 Å². The Kier molecular flexibility index (Phi) is 4.81. The summed E-state index contributed by atoms with van der Waals surface area (Å²) in [5.41, 5.74) is 0.391. The van der Waals surface area contributed by atoms with Gasteiger partial charge in [-0.15, -0.1) is 11.3 Å². The van der Waals surface area contributed by atoms with Gasteiger partial charge in [0.15, 0.2) is 0 Å². The van der Waals surface area contributed by atoms with Gasteiger partial charge in [-0.25, -0.2) is 0 Å². The average Bonchev–Trinajstić information content (AvgIpc) is 2.86. The minimum absolute atomic E-state index is 0.156. The molecule has 1 heterocycles. The Morgan fingerprint density at radius 2 is 1.95 bits per heavy atom. The molecule has 0 N–H and O–H groups in total. The first-order valence-electron chi connectivity index (χ1n) is 5.66. The van der Waals surface area contributed by atoms with Crippen molar-refractivity contribution in [3.05, 3.63) is 55.7 Å². The van der Waals surface area contributed by atoms with Crippen molar-refractivity contribution in [2.24, 2.45) is 0 Å². The first-order valence-corrected chi connectivity index (χ1v) is 7.24. The van der Waals surface area contributed by atoms with E-state index >= 15 is 0 Å². The molecule has 0 saturated carbocycles. The third-order valence-electron chi connectivity index (χ3n) is 2.61. The molecule has 0 fully saturated rings. The number of hydrogen-bond donors (Lipinski definition) is 0. The first kappa shape index (κ1) is 15.0. The zero-order chi connectivity index (χ0) is 14.7. The van der Waals surface area contributed by atoms with Crippen molar-refractivity contribution in [3.8, 4) is 0 Å². The molecule has 0 bridgehead atoms. The number of esters is 1. The Labute approximate surface area is 130 Å². The molecule has 0 unspecified atom stereocenters. The van der Waals surface area contributed by atoms with Crippen molar-refractivity contribution >= 4 is 46.3 Å². The predicted molar refractivity (Wildman–Crippen MR) is 79.9 cm³/mol. The summed E-state index contributed by atoms with van der Waals surface area (Å²) in [5, 5.41) is 0.787. The van der Waals surface area contributed by atoms with Gasteiger partial charge < -0.3 is 4.74 Å². The highest BCUT2D eigenvalue weighted by atomic mass is 35.5. The van der Waals surface area contributed by atoms with Gasteiger partial charge in [0.25, 0.3) is 0 Å². The van der Waals surface area contributed by atoms with E-state index in [4.69, 9.17) is 23.2 Å². The Morgan fingerprint density at radius 3 is 2.60 bits per heavy atom. The molecule has 6 heteroatoms. The van der Waals surface area contributed by atoms with E-state index < -0.39 is 0 Å². The van der Waals surface area contributed by atoms with Crippen molar-refractivity contribution in [2.75, 3.05) is 7.11 Å². The molecule has 0 atom stereocenters. The minimum atomic E-state index is -0.338. The van der Waals surface area contributed by atoms with E-state index in [0.29, 0.717) is 20.5 Å². The van der Waals surface area contributed by atoms with Gasteiger partial charge in [-0.2, -0.15) is 0 Å². The van der Waals surface area contributed by atoms with Gasteiger partial charge >= 0.3 is 5.97 Å². The van der Waals surface area contributed by atoms with E-state index in [2.05, 4.69) is 4.74 Å². The lowest BCUT2D eigenvalue weighted by Crippen LogP contribution is -2.02. The zero-order valence-corrected chi connectivity index (χ0v) is 12.8. The number of benzene rings is 1. The third kappa shape index (κ3) is 3.39. The standard InChI is InChI=1S/C14H10Cl2O3S/c1-19-13(17)7-9-3-5-12(20-9)14(18)10-4-2-8(15)6-11(10)16/h2-6H,7H2,1H3. The second-order valence-corrected chi connectivity index (χ2v) is 5.98. The van der Waals surface area contributed by atoms with Crippen LogP contribution >= 0.6 is 34.5 Å². The van der Waals surface area contributed by atoms with Crippen LogP contribution in [0.2, 0.25) is 10.0 Å². The molecule has 0 aliphatic heterocycles. The number of carbonyl (C=O) groups excluding carboxylic acids is 2. The average molecular weight is 329 g/mol. The van der Waals surface area contributed by atoms with E-state index in [1.807, 2.05) is 0 Å². The van der Waals surface area contributed by atoms with Crippen LogP contribution < -0.4 is 0 Å². The molecule has 0 spiro atoms. The summed E-state index contributed by atoms with van der Waals surface area (Å²) in [6, 6.07) is 8.14. The lowest BCUT2D eigenvalue weighted by atomic mass is 10.1. The molecule has 0 aliphatic rings. The summed E-state index contributed by atoms with van der Waals surface area (Å²) in [7, 11) is 1.33. The lowest BCUT2D eigenvalue weighted by Gasteiger charge is -2.02. The van der Waals surface area contributed by atoms with Crippen LogP contribution in [0.4, 0.5) is 0 Å². The molecule has 104 valence electrons. The molecule has 2 aromatic rings. The topological polar surface area (TPSA) is 43.4 Å². The molecule has 0 aliphatic carbocycles. The van der Waals surface area contributed by atoms with Gasteiger partial charge in [0.1, 0.15) is 0 Å². The molecule has 2 rings (SSSR count). The van der Waals surface area contributed by atoms with Crippen LogP contribution in [-0.2, 0) is 16.0 Å². The normalized spacial score (nSPS) is 10.3. The largest absolute Gasteiger partial charge is 0.469 e. The zero-order valence-electron chi connectivity index (χ0n) is 10.5. The fraction of sp³-hybridized carbons (Fsp3) is 0.143. The predicted octanol–water partition coefficient (Wildman–Crippen LogP) is 4.00. The maximum absolute atomic E-state index is 12.3. The van der Waals surface area contributed by atoms with Crippen LogP contribution in [-0.4, -0.2) is 18.9 Å². The van der Waals surface area contributed by atoms with Crippen LogP contribution in [0.5, 0.6) is 0 Å². The van der Waals surface area contributed by atoms with Crippen molar-refractivity contribution in [1.82, 2.24) is 0 Å². The molecule has 20 heavy (non-hydrogen) atoms. The number of carbonyl (C=O) groups is 2. The Morgan fingerprint density at radius 1 is 1.20 bits per heavy atom. The van der Waals surface area contributed by atoms with E-state index in [1.54, 1.807) is 24.3 Å². The van der Waals surface area contributed by atoms with Crippen LogP contribution in [0.15, 0.2) is 30.3 Å². The van der Waals surface area contributed by atoms with E-state index in [-0.39, 0.29) is 18.2 Å². The van der Waals surface area contributed by atoms with Gasteiger partial charge in [-0.1, -0.05) is 23.2 Å². The second-order valence-electron chi connectivity index (χ2n) is 3.97. The summed E-state index contributed by atoms with van der Waals surface area (Å²) >= 11 is 13.1. The molecule has 1 aromatic heterocycles. The summed E-state index contributed by atoms with van der Waals surface area (Å²) in [4.78, 5) is 24.8. The van der Waals surface area contributed by atoms with Crippen LogP contribution in [0.25, 0.3) is 0 Å². The number of hydrogen-bond acceptors (Lipinski definition) is 4. The molecule has 0 radical (unpaired) electrons. The van der Waals surface area contributed by atoms with Crippen molar-refractivity contribution in [2.45, 2.75) is 6.42 Å². The summed E-state index contributed by atoms with van der Waals surface area (Å²) < 4.78 is 4.59. The Bertz CT molecular complexity index is 664. The quantitative estimate of drug-likeness (QED) is 0.629. The number of methoxy groups -OCH3 is 1. The Balaban J connectivity index is 2.23. The number of ether oxygens (including phenoxy) is 1. The number of rotatable bonds is 4. The molecule has 3 nitrogen and oxygen atoms in total. The molecule has 1 aromatic carbocycles. The molecule has 0 saturated heterocycles. The summed E-state index contributed by atoms with van der Waals surface area (Å²) in [6.07, 6.45) is 0.156. The van der Waals surface area contributed by atoms with Crippen molar-refractivity contribution in [1.29, 1.82) is 0 Å². The maximum atomic E-state index is 12.3. The Hall–Kier alpha value is -1.36. The minimum Gasteiger partial charge on any atom is -0.469 e. The molecular weight excluding hydrogens is 319 g/mol. The highest BCUT2D eigenvalue weighted by Crippen LogP contribution is 2.26. The van der Waals surface area contributed by atoms with E-state index in [0.717, 1.165) is 4.88 Å². The fourth-order valence-corrected chi connectivity index (χ4v) is 3.06. The lowest BCUT2D eigenvalue weighted by molar-refractivity contribution is -0.139. The van der Waals surface area contributed by atoms with Crippen molar-refractivity contribution < 1.29 is 14.3 Å². The van der Waals surface area contributed by atoms with E-state index in [9.17, 15) is 9.59 Å². The molecule has 0 amide bonds. The van der Waals surface area contributed by atoms with Crippen LogP contribution in [0.1, 0.15) is 20.1 Å². The highest BCUT2D eigenvalue weighted by molar-refractivity contribution is 7.14. The highest BCUT2D eigenvalue weighted by Gasteiger charge is 2.16. The number of halogens is 2. The smallest absolute Gasteiger partial charge is 0.310 e. The van der Waals surface area contributed by atoms with Gasteiger partial charge in [0.05, 0.1) is 23.4 Å². The second kappa shape index (κ2) is 6.39. The van der Waals surface area contributed by atoms with Gasteiger partial charge in [-0.3, -0.25) is 9.59 Å². The third-order valence-corrected chi connectivity index (χ3v) is 4.24. The van der Waals surface area contributed by atoms with Crippen LogP contribution in [0, 0.1) is 0 Å². The summed E-state index contributed by atoms with van der Waals surface area (Å²) in [6.45, 7) is 0. The summed E-state index contributed by atoms with van der Waals surface area (Å²) in [5.74, 6) is -0.525. The fourth-order valence-electron chi connectivity index (χ4n) is 1.62. The van der Waals surface area contributed by atoms with Gasteiger partial charge in [-0.05, 0) is 30.3 Å². The van der Waals surface area contributed by atoms with Crippen LogP contribution in [0.3, 0.4) is 0 Å². The number of ketones is 1. The monoisotopic (exact) mass is 328 g/mol. The molecular formula is C14H10Cl2O3S. The SMILES string of the molecule is COC(=O)Cc1ccc(C(=O)c2ccc(Cl)cc2Cl)s1. The van der Waals surface area contributed by atoms with Crippen molar-refractivity contribution in [3.63, 3.8) is 0 Å². The van der Waals surface area contributed by atoms with Gasteiger partial charge in [0.2, 0.25) is 5.78 Å². The maximum Gasteiger partial charge on any atom is 0.310 e. The van der Waals surface area contributed by atoms with Gasteiger partial charge in [0, 0.05) is 15.5 Å².